The molecule has 0 amide bonds. The number of fused-ring (bicyclic) bond motifs is 5. The van der Waals surface area contributed by atoms with Crippen LogP contribution in [0, 0.1) is 44.4 Å². The van der Waals surface area contributed by atoms with Crippen LogP contribution in [0.25, 0.3) is 5.57 Å². The van der Waals surface area contributed by atoms with Gasteiger partial charge in [-0.2, -0.15) is 0 Å². The number of aryl methyl sites for hydroxylation is 3. The van der Waals surface area contributed by atoms with Gasteiger partial charge in [0.1, 0.15) is 5.76 Å². The molecule has 4 atom stereocenters. The molecule has 0 unspecified atom stereocenters. The highest BCUT2D eigenvalue weighted by Crippen LogP contribution is 2.58. The number of Topliss-reactive ketones (excluding diaryl/α,β-unsaturated/α-hetero) is 1. The molecule has 0 heterocycles. The number of ketones is 1. The van der Waals surface area contributed by atoms with Crippen molar-refractivity contribution < 1.29 is 9.90 Å². The quantitative estimate of drug-likeness (QED) is 0.857. The van der Waals surface area contributed by atoms with E-state index in [2.05, 4.69) is 24.0 Å². The van der Waals surface area contributed by atoms with Crippen molar-refractivity contribution in [3.63, 3.8) is 0 Å². The summed E-state index contributed by atoms with van der Waals surface area (Å²) >= 11 is 0. The van der Waals surface area contributed by atoms with Crippen molar-refractivity contribution in [1.82, 2.24) is 0 Å². The fourth-order valence-electron chi connectivity index (χ4n) is 5.48. The van der Waals surface area contributed by atoms with Crippen LogP contribution in [-0.4, -0.2) is 23.6 Å². The van der Waals surface area contributed by atoms with Crippen molar-refractivity contribution in [2.75, 3.05) is 7.05 Å². The van der Waals surface area contributed by atoms with Gasteiger partial charge in [-0.3, -0.25) is 9.79 Å². The van der Waals surface area contributed by atoms with Gasteiger partial charge >= 0.3 is 0 Å². The van der Waals surface area contributed by atoms with E-state index < -0.39 is 0 Å². The second kappa shape index (κ2) is 4.80. The van der Waals surface area contributed by atoms with Crippen molar-refractivity contribution in [3.8, 4) is 0 Å². The zero-order valence-corrected chi connectivity index (χ0v) is 14.2. The maximum Gasteiger partial charge on any atom is 0.171 e. The molecule has 0 spiro atoms. The van der Waals surface area contributed by atoms with Crippen molar-refractivity contribution in [3.05, 3.63) is 40.1 Å². The molecule has 3 aliphatic rings. The van der Waals surface area contributed by atoms with E-state index in [-0.39, 0.29) is 29.5 Å². The smallest absolute Gasteiger partial charge is 0.171 e. The number of rotatable bonds is 1. The minimum absolute atomic E-state index is 0.0324. The summed E-state index contributed by atoms with van der Waals surface area (Å²) in [6, 6.07) is 4.19. The third-order valence-electron chi connectivity index (χ3n) is 6.11. The minimum Gasteiger partial charge on any atom is -0.511 e. The van der Waals surface area contributed by atoms with Crippen molar-refractivity contribution >= 4 is 17.1 Å². The summed E-state index contributed by atoms with van der Waals surface area (Å²) in [4.78, 5) is 17.6. The molecule has 0 aliphatic heterocycles. The number of hydrogen-bond donors (Lipinski definition) is 1. The van der Waals surface area contributed by atoms with E-state index >= 15 is 0 Å². The summed E-state index contributed by atoms with van der Waals surface area (Å²) in [5.74, 6) is 0.854. The molecule has 1 N–H and O–H groups in total. The number of aliphatic hydroxyl groups excluding tert-OH is 1. The number of nitrogens with zero attached hydrogens (tertiary/aromatic N) is 1. The number of aliphatic hydroxyl groups is 1. The van der Waals surface area contributed by atoms with Gasteiger partial charge < -0.3 is 5.11 Å². The Morgan fingerprint density at radius 2 is 1.61 bits per heavy atom. The first-order valence-corrected chi connectivity index (χ1v) is 8.47. The lowest BCUT2D eigenvalue weighted by Gasteiger charge is -2.22. The zero-order valence-electron chi connectivity index (χ0n) is 14.2. The van der Waals surface area contributed by atoms with Crippen LogP contribution in [0.5, 0.6) is 0 Å². The lowest BCUT2D eigenvalue weighted by atomic mass is 9.80. The summed E-state index contributed by atoms with van der Waals surface area (Å²) in [5, 5.41) is 10.9. The van der Waals surface area contributed by atoms with Crippen molar-refractivity contribution in [2.24, 2.45) is 28.7 Å². The Morgan fingerprint density at radius 1 is 1.04 bits per heavy atom. The monoisotopic (exact) mass is 309 g/mol. The summed E-state index contributed by atoms with van der Waals surface area (Å²) < 4.78 is 0. The predicted octanol–water partition coefficient (Wildman–Crippen LogP) is 3.81. The van der Waals surface area contributed by atoms with Crippen LogP contribution in [0.15, 0.2) is 22.9 Å². The molecule has 3 nitrogen and oxygen atoms in total. The molecule has 3 heteroatoms. The maximum absolute atomic E-state index is 13.2. The van der Waals surface area contributed by atoms with Gasteiger partial charge in [0.25, 0.3) is 0 Å². The Morgan fingerprint density at radius 3 is 2.13 bits per heavy atom. The Balaban J connectivity index is 1.88. The molecule has 0 aromatic heterocycles. The van der Waals surface area contributed by atoms with Crippen molar-refractivity contribution in [2.45, 2.75) is 33.6 Å². The highest BCUT2D eigenvalue weighted by Gasteiger charge is 2.60. The van der Waals surface area contributed by atoms with E-state index in [4.69, 9.17) is 0 Å². The third-order valence-corrected chi connectivity index (χ3v) is 6.11. The first kappa shape index (κ1) is 14.7. The summed E-state index contributed by atoms with van der Waals surface area (Å²) in [5.41, 5.74) is 6.04. The van der Waals surface area contributed by atoms with Gasteiger partial charge in [-0.05, 0) is 50.3 Å². The predicted molar refractivity (Wildman–Crippen MR) is 91.8 cm³/mol. The maximum atomic E-state index is 13.2. The van der Waals surface area contributed by atoms with E-state index in [9.17, 15) is 9.90 Å². The summed E-state index contributed by atoms with van der Waals surface area (Å²) in [6.45, 7) is 6.13. The summed E-state index contributed by atoms with van der Waals surface area (Å²) in [6.07, 6.45) is 2.09. The number of carbonyl (C=O) groups is 1. The average Bonchev–Trinajstić information content (AvgIpc) is 3.10. The molecule has 2 saturated carbocycles. The molecule has 1 aromatic rings. The number of carbonyl (C=O) groups excluding carboxylic acids is 1. The highest BCUT2D eigenvalue weighted by atomic mass is 16.3. The first-order valence-electron chi connectivity index (χ1n) is 8.47. The molecule has 2 bridgehead atoms. The molecule has 0 saturated heterocycles. The standard InChI is InChI=1S/C20H23NO2/c1-9-7-10(2)14(11(3)8-9)17-19(22)15-12-5-6-13(18(12)21-4)16(15)20(17)23/h7-8,12-13,15-16,22H,5-6H2,1-4H3/t12-,13+,15-,16+/m1/s1. The van der Waals surface area contributed by atoms with Gasteiger partial charge in [0.15, 0.2) is 5.78 Å². The lowest BCUT2D eigenvalue weighted by Crippen LogP contribution is -2.24. The van der Waals surface area contributed by atoms with Gasteiger partial charge in [-0.25, -0.2) is 0 Å². The average molecular weight is 309 g/mol. The second-order valence-corrected chi connectivity index (χ2v) is 7.39. The lowest BCUT2D eigenvalue weighted by molar-refractivity contribution is -0.118. The van der Waals surface area contributed by atoms with Crippen LogP contribution in [-0.2, 0) is 4.79 Å². The van der Waals surface area contributed by atoms with Crippen LogP contribution >= 0.6 is 0 Å². The molecule has 2 fully saturated rings. The summed E-state index contributed by atoms with van der Waals surface area (Å²) in [7, 11) is 1.82. The topological polar surface area (TPSA) is 49.7 Å². The van der Waals surface area contributed by atoms with E-state index in [1.54, 1.807) is 0 Å². The van der Waals surface area contributed by atoms with E-state index in [0.29, 0.717) is 11.3 Å². The minimum atomic E-state index is -0.0810. The SMILES string of the molecule is CN=C1[C@H]2CC[C@@H]1[C@H]1C(O)=C(c3c(C)cc(C)cc3C)C(=O)[C@H]12. The first-order chi connectivity index (χ1) is 11.0. The van der Waals surface area contributed by atoms with E-state index in [1.165, 1.54) is 5.56 Å². The van der Waals surface area contributed by atoms with E-state index in [0.717, 1.165) is 35.2 Å². The van der Waals surface area contributed by atoms with Crippen LogP contribution in [0.4, 0.5) is 0 Å². The number of aliphatic imine (C=N–C) groups is 1. The Kier molecular flexibility index (Phi) is 3.06. The van der Waals surface area contributed by atoms with Crippen LogP contribution in [0.3, 0.4) is 0 Å². The largest absolute Gasteiger partial charge is 0.511 e. The Bertz CT molecular complexity index is 764. The molecule has 1 aromatic carbocycles. The van der Waals surface area contributed by atoms with Crippen LogP contribution in [0.2, 0.25) is 0 Å². The molecular formula is C20H23NO2. The number of allylic oxidation sites excluding steroid dienone is 2. The van der Waals surface area contributed by atoms with Crippen LogP contribution in [0.1, 0.15) is 35.1 Å². The van der Waals surface area contributed by atoms with Gasteiger partial charge in [-0.15, -0.1) is 0 Å². The fourth-order valence-corrected chi connectivity index (χ4v) is 5.48. The fraction of sp³-hybridized carbons (Fsp3) is 0.500. The van der Waals surface area contributed by atoms with E-state index in [1.807, 2.05) is 20.9 Å². The molecule has 0 radical (unpaired) electrons. The highest BCUT2D eigenvalue weighted by molar-refractivity contribution is 6.27. The number of hydrogen-bond acceptors (Lipinski definition) is 3. The molecular weight excluding hydrogens is 286 g/mol. The normalized spacial score (nSPS) is 33.9. The number of benzene rings is 1. The second-order valence-electron chi connectivity index (χ2n) is 7.39. The van der Waals surface area contributed by atoms with Crippen molar-refractivity contribution in [1.29, 1.82) is 0 Å². The Labute approximate surface area is 137 Å². The molecule has 3 aliphatic carbocycles. The zero-order chi connectivity index (χ0) is 16.5. The third kappa shape index (κ3) is 1.76. The van der Waals surface area contributed by atoms with Gasteiger partial charge in [-0.1, -0.05) is 17.7 Å². The molecule has 120 valence electrons. The van der Waals surface area contributed by atoms with Gasteiger partial charge in [0.2, 0.25) is 0 Å². The van der Waals surface area contributed by atoms with Gasteiger partial charge in [0.05, 0.1) is 5.57 Å². The molecule has 23 heavy (non-hydrogen) atoms. The Hall–Kier alpha value is -1.90. The molecule has 4 rings (SSSR count). The van der Waals surface area contributed by atoms with Crippen LogP contribution < -0.4 is 0 Å². The van der Waals surface area contributed by atoms with Gasteiger partial charge in [0, 0.05) is 36.4 Å².